The molecular formula is C76H106N11O22+. The fourth-order valence-electron chi connectivity index (χ4n) is 13.4. The van der Waals surface area contributed by atoms with Gasteiger partial charge in [0.05, 0.1) is 154 Å². The number of methoxy groups -OCH3 is 1. The van der Waals surface area contributed by atoms with Gasteiger partial charge in [-0.15, -0.1) is 0 Å². The van der Waals surface area contributed by atoms with Crippen LogP contribution in [0.3, 0.4) is 0 Å². The highest BCUT2D eigenvalue weighted by Crippen LogP contribution is 2.43. The monoisotopic (exact) mass is 1520 g/mol. The Hall–Kier alpha value is -9.32. The van der Waals surface area contributed by atoms with Crippen LogP contribution >= 0.6 is 0 Å². The average molecular weight is 1530 g/mol. The van der Waals surface area contributed by atoms with Gasteiger partial charge in [0.15, 0.2) is 0 Å². The molecule has 596 valence electrons. The number of quaternary nitrogens is 1. The third-order valence-electron chi connectivity index (χ3n) is 19.1. The smallest absolute Gasteiger partial charge is 0.411 e. The second kappa shape index (κ2) is 43.2. The molecule has 6 heterocycles. The van der Waals surface area contributed by atoms with Gasteiger partial charge in [0.2, 0.25) is 29.2 Å². The Kier molecular flexibility index (Phi) is 33.8. The lowest BCUT2D eigenvalue weighted by Gasteiger charge is -2.43. The minimum Gasteiger partial charge on any atom is -0.496 e. The summed E-state index contributed by atoms with van der Waals surface area (Å²) in [7, 11) is 7.52. The largest absolute Gasteiger partial charge is 0.496 e. The van der Waals surface area contributed by atoms with Crippen LogP contribution in [0, 0.1) is 0 Å². The number of piperidine rings is 1. The Morgan fingerprint density at radius 1 is 0.716 bits per heavy atom. The minimum atomic E-state index is -1.79. The van der Waals surface area contributed by atoms with E-state index in [1.807, 2.05) is 44.2 Å². The molecule has 1 fully saturated rings. The number of pyridine rings is 2. The van der Waals surface area contributed by atoms with Crippen LogP contribution in [0.1, 0.15) is 117 Å². The van der Waals surface area contributed by atoms with Gasteiger partial charge in [-0.25, -0.2) is 14.6 Å². The van der Waals surface area contributed by atoms with Crippen LogP contribution in [0.4, 0.5) is 10.5 Å². The number of hydrogen-bond donors (Lipinski definition) is 6. The Morgan fingerprint density at radius 3 is 1.90 bits per heavy atom. The number of fused-ring (bicyclic) bond motifs is 5. The van der Waals surface area contributed by atoms with Crippen molar-refractivity contribution in [3.63, 3.8) is 0 Å². The first-order chi connectivity index (χ1) is 52.6. The predicted molar refractivity (Wildman–Crippen MR) is 395 cm³/mol. The second-order valence-corrected chi connectivity index (χ2v) is 27.4. The normalized spacial score (nSPS) is 15.8. The highest BCUT2D eigenvalue weighted by Gasteiger charge is 2.49. The summed E-state index contributed by atoms with van der Waals surface area (Å²) in [5.74, 6) is -3.09. The van der Waals surface area contributed by atoms with Crippen molar-refractivity contribution in [2.75, 3.05) is 165 Å². The number of carbonyl (C=O) groups is 10. The summed E-state index contributed by atoms with van der Waals surface area (Å²) in [5, 5.41) is 17.1. The molecule has 33 heteroatoms. The molecule has 0 saturated carbocycles. The maximum absolute atomic E-state index is 14.4. The van der Waals surface area contributed by atoms with Gasteiger partial charge >= 0.3 is 12.1 Å². The van der Waals surface area contributed by atoms with Crippen LogP contribution < -0.4 is 42.2 Å². The van der Waals surface area contributed by atoms with Crippen LogP contribution in [-0.4, -0.2) is 262 Å². The fourth-order valence-corrected chi connectivity index (χ4v) is 13.4. The summed E-state index contributed by atoms with van der Waals surface area (Å²) in [6, 6.07) is 12.3. The third kappa shape index (κ3) is 24.8. The van der Waals surface area contributed by atoms with Crippen molar-refractivity contribution >= 4 is 76.5 Å². The number of nitrogens with one attached hydrogen (secondary N) is 6. The molecule has 109 heavy (non-hydrogen) atoms. The van der Waals surface area contributed by atoms with E-state index in [-0.39, 0.29) is 138 Å². The van der Waals surface area contributed by atoms with Crippen molar-refractivity contribution in [1.29, 1.82) is 0 Å². The topological polar surface area (TPSA) is 386 Å². The molecule has 8 rings (SSSR count). The molecule has 4 aromatic rings. The molecule has 4 aliphatic rings. The summed E-state index contributed by atoms with van der Waals surface area (Å²) >= 11 is 0. The van der Waals surface area contributed by atoms with E-state index >= 15 is 0 Å². The van der Waals surface area contributed by atoms with Gasteiger partial charge in [0.1, 0.15) is 31.5 Å². The number of amides is 8. The molecule has 0 bridgehead atoms. The zero-order chi connectivity index (χ0) is 78.3. The van der Waals surface area contributed by atoms with E-state index in [0.717, 1.165) is 76.1 Å². The Bertz CT molecular complexity index is 3860. The maximum atomic E-state index is 14.4. The number of carbonyl (C=O) groups excluding carboxylic acids is 10. The average Bonchev–Trinajstić information content (AvgIpc) is 1.61. The number of likely N-dealkylation sites (tertiary alicyclic amines) is 1. The van der Waals surface area contributed by atoms with E-state index < -0.39 is 47.3 Å². The van der Waals surface area contributed by atoms with Crippen molar-refractivity contribution in [3.8, 4) is 17.1 Å². The Morgan fingerprint density at radius 2 is 1.31 bits per heavy atom. The minimum absolute atomic E-state index is 0.00703. The van der Waals surface area contributed by atoms with Gasteiger partial charge in [-0.1, -0.05) is 19.1 Å². The van der Waals surface area contributed by atoms with Gasteiger partial charge in [0.25, 0.3) is 29.8 Å². The molecule has 6 N–H and O–H groups in total. The highest BCUT2D eigenvalue weighted by atomic mass is 16.6. The molecule has 0 spiro atoms. The van der Waals surface area contributed by atoms with Crippen molar-refractivity contribution in [1.82, 2.24) is 45.9 Å². The van der Waals surface area contributed by atoms with E-state index in [1.54, 1.807) is 30.7 Å². The van der Waals surface area contributed by atoms with E-state index in [2.05, 4.69) is 50.9 Å². The number of benzene rings is 2. The van der Waals surface area contributed by atoms with E-state index in [1.165, 1.54) is 7.11 Å². The molecule has 0 radical (unpaired) electrons. The van der Waals surface area contributed by atoms with Gasteiger partial charge in [-0.05, 0) is 75.4 Å². The standard InChI is InChI=1S/C76H105N11O22/c1-8-76(109-50-88)60-45-63-70-58(47-86(63)73(96)59(60)49-108-74(76)97)57(55-44-64(99-7)56(71(94)77-4)43-62(55)83-70)46-84-26-21-54(22-27-84)87(5,6)48-52-13-15-53(16-14-52)81-75(98)107-42-41-106-40-39-105-38-37-104-36-35-103-34-33-102-32-31-101-30-29-100-28-24-78-65(89)18-17-61(72(95)79-23-9-11-66(90)80-51(2)3)82-67(91)12-10-25-85-68(92)19-20-69(85)93/h13-16,19-20,43-45,50-51,54,61H,8-12,17-18,21-42,46-49H2,1-7H3,(H5-,77,78,79,80,81,82,89,90,91,94,95,98)/p+1/t61-,76-/m0/s1. The third-order valence-corrected chi connectivity index (χ3v) is 19.1. The van der Waals surface area contributed by atoms with Crippen LogP contribution in [0.2, 0.25) is 0 Å². The summed E-state index contributed by atoms with van der Waals surface area (Å²) in [5.41, 5.74) is 3.67. The van der Waals surface area contributed by atoms with Crippen molar-refractivity contribution in [2.45, 2.75) is 129 Å². The molecule has 2 atom stereocenters. The first-order valence-electron chi connectivity index (χ1n) is 37.2. The van der Waals surface area contributed by atoms with E-state index in [0.29, 0.717) is 132 Å². The second-order valence-electron chi connectivity index (χ2n) is 27.4. The lowest BCUT2D eigenvalue weighted by molar-refractivity contribution is -0.929. The summed E-state index contributed by atoms with van der Waals surface area (Å²) in [6.07, 6.45) is 4.25. The van der Waals surface area contributed by atoms with Crippen molar-refractivity contribution in [3.05, 3.63) is 98.4 Å². The van der Waals surface area contributed by atoms with Crippen LogP contribution in [0.25, 0.3) is 22.3 Å². The number of anilines is 1. The molecule has 2 aromatic heterocycles. The summed E-state index contributed by atoms with van der Waals surface area (Å²) in [6.45, 7) is 13.5. The molecule has 1 saturated heterocycles. The lowest BCUT2D eigenvalue weighted by atomic mass is 9.85. The van der Waals surface area contributed by atoms with Crippen LogP contribution in [0.15, 0.2) is 59.4 Å². The molecule has 8 amide bonds. The molecule has 0 aliphatic carbocycles. The van der Waals surface area contributed by atoms with Gasteiger partial charge in [0, 0.05) is 124 Å². The highest BCUT2D eigenvalue weighted by molar-refractivity contribution is 6.13. The molecule has 33 nitrogen and oxygen atoms in total. The predicted octanol–water partition coefficient (Wildman–Crippen LogP) is 3.04. The number of imide groups is 1. The quantitative estimate of drug-likeness (QED) is 0.00813. The van der Waals surface area contributed by atoms with Gasteiger partial charge < -0.3 is 87.7 Å². The molecular weight excluding hydrogens is 1420 g/mol. The number of esters is 1. The van der Waals surface area contributed by atoms with E-state index in [4.69, 9.17) is 57.1 Å². The first kappa shape index (κ1) is 85.3. The molecule has 2 aromatic carbocycles. The Labute approximate surface area is 633 Å². The maximum Gasteiger partial charge on any atom is 0.411 e. The van der Waals surface area contributed by atoms with Crippen LogP contribution in [-0.2, 0) is 118 Å². The zero-order valence-electron chi connectivity index (χ0n) is 63.6. The van der Waals surface area contributed by atoms with Crippen LogP contribution in [0.5, 0.6) is 5.75 Å². The molecule has 0 unspecified atom stereocenters. The molecule has 4 aliphatic heterocycles. The number of nitrogens with zero attached hydrogens (tertiary/aromatic N) is 5. The number of rotatable bonds is 49. The number of cyclic esters (lactones) is 1. The lowest BCUT2D eigenvalue weighted by Crippen LogP contribution is -2.53. The summed E-state index contributed by atoms with van der Waals surface area (Å²) < 4.78 is 63.2. The zero-order valence-corrected chi connectivity index (χ0v) is 63.6. The number of aromatic nitrogens is 2. The van der Waals surface area contributed by atoms with Crippen molar-refractivity contribution < 1.29 is 105 Å². The van der Waals surface area contributed by atoms with Gasteiger partial charge in [-0.3, -0.25) is 58.3 Å². The number of hydrogen-bond acceptors (Lipinski definition) is 24. The van der Waals surface area contributed by atoms with Gasteiger partial charge in [-0.2, -0.15) is 0 Å². The Balaban J connectivity index is 0.617. The van der Waals surface area contributed by atoms with Crippen molar-refractivity contribution in [2.24, 2.45) is 0 Å². The SMILES string of the molecule is CC[C@@]1(OC=O)C(=O)OCc2c1cc1n(c2=O)Cc2c-1nc1cc(C(=O)NC)c(OC)cc1c2CN1CCC([N+](C)(C)Cc2ccc(NC(=O)OCCOCCOCCOCCOCCOCCOCCOCCNC(=O)CC[C@H](NC(=O)CCCN3C(=O)C=CC3=O)C(=O)NCCCC(=O)NC(C)C)cc2)CC1. The van der Waals surface area contributed by atoms with E-state index in [9.17, 15) is 52.7 Å². The number of ether oxygens (including phenoxy) is 11. The summed E-state index contributed by atoms with van der Waals surface area (Å²) in [4.78, 5) is 148. The first-order valence-corrected chi connectivity index (χ1v) is 37.2. The fraction of sp³-hybridized carbons (Fsp3) is 0.579.